The fourth-order valence-electron chi connectivity index (χ4n) is 4.26. The van der Waals surface area contributed by atoms with E-state index in [1.165, 1.54) is 37.1 Å². The van der Waals surface area contributed by atoms with Gasteiger partial charge < -0.3 is 9.64 Å². The lowest BCUT2D eigenvalue weighted by Gasteiger charge is -2.30. The summed E-state index contributed by atoms with van der Waals surface area (Å²) in [5, 5.41) is 12.3. The van der Waals surface area contributed by atoms with Crippen LogP contribution in [0.3, 0.4) is 0 Å². The number of nitrogens with one attached hydrogen (secondary N) is 1. The van der Waals surface area contributed by atoms with Crippen molar-refractivity contribution < 1.29 is 9.94 Å². The summed E-state index contributed by atoms with van der Waals surface area (Å²) >= 11 is 6.27. The van der Waals surface area contributed by atoms with Gasteiger partial charge in [-0.25, -0.2) is 4.98 Å². The smallest absolute Gasteiger partial charge is 0.208 e. The molecular formula is C21H31N4O2S2+. The van der Waals surface area contributed by atoms with Crippen LogP contribution in [0.4, 0.5) is 11.4 Å². The summed E-state index contributed by atoms with van der Waals surface area (Å²) < 4.78 is 4.83. The number of benzene rings is 1. The Labute approximate surface area is 182 Å². The Bertz CT molecular complexity index is 815. The standard InChI is InChI=1S/C21H31N4O2S2/c1-2-23-25(26,28)19-14-17(24-10-12-27-13-11-24)8-9-18(19)20-15-22-21(29-20)16-6-4-3-5-7-16/h8-9,14-16,23,26,28H,2-7,10-13H2,1H3/q+1. The third kappa shape index (κ3) is 4.78. The summed E-state index contributed by atoms with van der Waals surface area (Å²) in [5.74, 6) is 0.580. The fraction of sp³-hybridized carbons (Fsp3) is 0.571. The Morgan fingerprint density at radius 1 is 1.28 bits per heavy atom. The molecule has 2 aromatic rings. The molecule has 2 heterocycles. The molecule has 0 radical (unpaired) electrons. The highest BCUT2D eigenvalue weighted by atomic mass is 32.1. The second kappa shape index (κ2) is 9.32. The van der Waals surface area contributed by atoms with Gasteiger partial charge >= 0.3 is 0 Å². The van der Waals surface area contributed by atoms with E-state index >= 15 is 0 Å². The first-order chi connectivity index (χ1) is 14.1. The Hall–Kier alpha value is -1.16. The van der Waals surface area contributed by atoms with E-state index in [2.05, 4.69) is 35.3 Å². The van der Waals surface area contributed by atoms with Gasteiger partial charge in [-0.3, -0.25) is 0 Å². The minimum atomic E-state index is -0.652. The summed E-state index contributed by atoms with van der Waals surface area (Å²) in [4.78, 5) is 8.12. The molecule has 1 unspecified atom stereocenters. The van der Waals surface area contributed by atoms with Gasteiger partial charge in [-0.15, -0.1) is 16.8 Å². The summed E-state index contributed by atoms with van der Waals surface area (Å²) in [6.45, 7) is 5.71. The van der Waals surface area contributed by atoms with Crippen molar-refractivity contribution in [3.05, 3.63) is 29.4 Å². The number of ether oxygens (including phenoxy) is 1. The van der Waals surface area contributed by atoms with Gasteiger partial charge in [0.05, 0.1) is 28.7 Å². The molecule has 1 aliphatic carbocycles. The number of hydrogen-bond donors (Lipinski definition) is 3. The lowest BCUT2D eigenvalue weighted by Crippen LogP contribution is -2.49. The van der Waals surface area contributed by atoms with E-state index in [4.69, 9.17) is 9.72 Å². The normalized spacial score (nSPS) is 20.6. The fourth-order valence-corrected chi connectivity index (χ4v) is 5.69. The molecule has 1 saturated carbocycles. The van der Waals surface area contributed by atoms with Gasteiger partial charge in [0.15, 0.2) is 0 Å². The molecule has 1 aromatic heterocycles. The second-order valence-corrected chi connectivity index (χ2v) is 9.45. The molecule has 2 fully saturated rings. The van der Waals surface area contributed by atoms with Crippen molar-refractivity contribution in [3.8, 4) is 10.4 Å². The second-order valence-electron chi connectivity index (χ2n) is 7.81. The van der Waals surface area contributed by atoms with Crippen LogP contribution in [0.1, 0.15) is 50.0 Å². The molecule has 158 valence electrons. The first-order valence-electron chi connectivity index (χ1n) is 10.6. The van der Waals surface area contributed by atoms with Crippen LogP contribution >= 0.6 is 24.2 Å². The van der Waals surface area contributed by atoms with Crippen LogP contribution in [0.2, 0.25) is 0 Å². The number of anilines is 1. The van der Waals surface area contributed by atoms with E-state index in [0.717, 1.165) is 48.1 Å². The van der Waals surface area contributed by atoms with E-state index in [-0.39, 0.29) is 0 Å². The number of quaternary nitrogens is 1. The van der Waals surface area contributed by atoms with Crippen LogP contribution in [-0.4, -0.2) is 43.0 Å². The number of hydrogen-bond acceptors (Lipinski definition) is 7. The molecular weight excluding hydrogens is 404 g/mol. The molecule has 6 nitrogen and oxygen atoms in total. The number of morpholine rings is 1. The topological polar surface area (TPSA) is 57.6 Å². The summed E-state index contributed by atoms with van der Waals surface area (Å²) in [6, 6.07) is 6.26. The Morgan fingerprint density at radius 3 is 2.76 bits per heavy atom. The van der Waals surface area contributed by atoms with Crippen molar-refractivity contribution in [2.24, 2.45) is 0 Å². The van der Waals surface area contributed by atoms with Crippen molar-refractivity contribution in [2.75, 3.05) is 37.7 Å². The van der Waals surface area contributed by atoms with Gasteiger partial charge in [-0.1, -0.05) is 19.3 Å². The third-order valence-electron chi connectivity index (χ3n) is 5.82. The Kier molecular flexibility index (Phi) is 6.78. The van der Waals surface area contributed by atoms with Crippen molar-refractivity contribution >= 4 is 35.5 Å². The maximum absolute atomic E-state index is 11.0. The van der Waals surface area contributed by atoms with E-state index in [1.807, 2.05) is 19.2 Å². The highest BCUT2D eigenvalue weighted by molar-refractivity contribution is 7.79. The van der Waals surface area contributed by atoms with Crippen LogP contribution in [0.25, 0.3) is 10.4 Å². The number of nitrogens with zero attached hydrogens (tertiary/aromatic N) is 3. The van der Waals surface area contributed by atoms with E-state index in [0.29, 0.717) is 12.5 Å². The number of thiazole rings is 1. The molecule has 4 rings (SSSR count). The van der Waals surface area contributed by atoms with Gasteiger partial charge in [0.1, 0.15) is 12.8 Å². The van der Waals surface area contributed by atoms with E-state index in [9.17, 15) is 5.21 Å². The molecule has 1 aromatic carbocycles. The average molecular weight is 436 g/mol. The summed E-state index contributed by atoms with van der Waals surface area (Å²) in [6.07, 6.45) is 8.37. The largest absolute Gasteiger partial charge is 0.378 e. The highest BCUT2D eigenvalue weighted by Gasteiger charge is 2.31. The predicted octanol–water partition coefficient (Wildman–Crippen LogP) is 4.76. The minimum Gasteiger partial charge on any atom is -0.378 e. The number of aromatic nitrogens is 1. The molecule has 0 bridgehead atoms. The summed E-state index contributed by atoms with van der Waals surface area (Å²) in [7, 11) is 0. The van der Waals surface area contributed by atoms with Crippen molar-refractivity contribution in [1.29, 1.82) is 0 Å². The van der Waals surface area contributed by atoms with Crippen LogP contribution in [0.15, 0.2) is 24.4 Å². The van der Waals surface area contributed by atoms with Gasteiger partial charge in [-0.05, 0) is 36.1 Å². The monoisotopic (exact) mass is 435 g/mol. The number of rotatable bonds is 6. The minimum absolute atomic E-state index is 0.580. The predicted molar refractivity (Wildman–Crippen MR) is 123 cm³/mol. The van der Waals surface area contributed by atoms with Crippen LogP contribution in [0.5, 0.6) is 0 Å². The molecule has 1 saturated heterocycles. The maximum Gasteiger partial charge on any atom is 0.208 e. The molecule has 8 heteroatoms. The lowest BCUT2D eigenvalue weighted by molar-refractivity contribution is -0.0185. The molecule has 2 N–H and O–H groups in total. The zero-order chi connectivity index (χ0) is 20.3. The SMILES string of the molecule is CCN[N+](O)(S)c1cc(N2CCOCC2)ccc1-c1cnc(C2CCCCC2)s1. The zero-order valence-corrected chi connectivity index (χ0v) is 18.7. The van der Waals surface area contributed by atoms with E-state index in [1.54, 1.807) is 11.3 Å². The molecule has 1 atom stereocenters. The van der Waals surface area contributed by atoms with Crippen molar-refractivity contribution in [3.63, 3.8) is 0 Å². The molecule has 0 spiro atoms. The molecule has 2 aliphatic rings. The number of thiol groups is 1. The average Bonchev–Trinajstić information content (AvgIpc) is 3.25. The van der Waals surface area contributed by atoms with Gasteiger partial charge in [-0.2, -0.15) is 5.21 Å². The van der Waals surface area contributed by atoms with Crippen molar-refractivity contribution in [1.82, 2.24) is 14.6 Å². The van der Waals surface area contributed by atoms with Crippen molar-refractivity contribution in [2.45, 2.75) is 44.9 Å². The highest BCUT2D eigenvalue weighted by Crippen LogP contribution is 2.42. The van der Waals surface area contributed by atoms with Gasteiger partial charge in [0, 0.05) is 43.5 Å². The molecule has 1 aliphatic heterocycles. The first-order valence-corrected chi connectivity index (χ1v) is 11.8. The molecule has 29 heavy (non-hydrogen) atoms. The van der Waals surface area contributed by atoms with Crippen LogP contribution < -0.4 is 14.5 Å². The first kappa shape index (κ1) is 21.1. The summed E-state index contributed by atoms with van der Waals surface area (Å²) in [5.41, 5.74) is 5.82. The molecule has 0 amide bonds. The maximum atomic E-state index is 11.0. The quantitative estimate of drug-likeness (QED) is 0.347. The van der Waals surface area contributed by atoms with Gasteiger partial charge in [0.25, 0.3) is 0 Å². The Balaban J connectivity index is 1.69. The lowest BCUT2D eigenvalue weighted by atomic mass is 9.90. The van der Waals surface area contributed by atoms with E-state index < -0.39 is 4.16 Å². The third-order valence-corrected chi connectivity index (χ3v) is 7.37. The zero-order valence-electron chi connectivity index (χ0n) is 17.0. The Morgan fingerprint density at radius 2 is 2.03 bits per heavy atom. The van der Waals surface area contributed by atoms with Crippen LogP contribution in [-0.2, 0) is 4.74 Å². The van der Waals surface area contributed by atoms with Crippen LogP contribution in [0, 0.1) is 0 Å². The van der Waals surface area contributed by atoms with Gasteiger partial charge in [0.2, 0.25) is 5.69 Å².